The van der Waals surface area contributed by atoms with E-state index in [1.807, 2.05) is 13.8 Å². The minimum atomic E-state index is -0.215. The number of ether oxygens (including phenoxy) is 1. The van der Waals surface area contributed by atoms with E-state index in [9.17, 15) is 9.59 Å². The van der Waals surface area contributed by atoms with Gasteiger partial charge in [0.25, 0.3) is 5.24 Å². The zero-order valence-electron chi connectivity index (χ0n) is 12.8. The maximum Gasteiger partial charge on any atom is 0.306 e. The van der Waals surface area contributed by atoms with Crippen LogP contribution in [0.2, 0.25) is 0 Å². The molecule has 0 spiro atoms. The number of thioether (sulfide) groups is 1. The first-order valence-electron chi connectivity index (χ1n) is 7.05. The number of carbonyl (C=O) groups is 2. The molecule has 0 N–H and O–H groups in total. The normalized spacial score (nSPS) is 12.3. The first-order chi connectivity index (χ1) is 8.94. The Hall–Kier alpha value is -0.710. The molecule has 0 aliphatic carbocycles. The van der Waals surface area contributed by atoms with Gasteiger partial charge in [0.15, 0.2) is 0 Å². The van der Waals surface area contributed by atoms with Crippen molar-refractivity contribution >= 4 is 23.0 Å². The predicted molar refractivity (Wildman–Crippen MR) is 80.4 cm³/mol. The number of hydrogen-bond acceptors (Lipinski definition) is 4. The number of amides is 1. The summed E-state index contributed by atoms with van der Waals surface area (Å²) in [6.07, 6.45) is 1.15. The Balaban J connectivity index is 4.49. The Labute approximate surface area is 121 Å². The Bertz CT molecular complexity index is 278. The van der Waals surface area contributed by atoms with Crippen LogP contribution in [0, 0.1) is 5.92 Å². The van der Waals surface area contributed by atoms with E-state index >= 15 is 0 Å². The van der Waals surface area contributed by atoms with E-state index < -0.39 is 0 Å². The lowest BCUT2D eigenvalue weighted by atomic mass is 10.1. The molecular formula is C14H27NO3S. The molecule has 0 rings (SSSR count). The molecule has 0 radical (unpaired) electrons. The second kappa shape index (κ2) is 10.1. The molecule has 4 nitrogen and oxygen atoms in total. The van der Waals surface area contributed by atoms with Crippen LogP contribution in [-0.2, 0) is 9.53 Å². The molecule has 0 saturated heterocycles. The van der Waals surface area contributed by atoms with E-state index in [2.05, 4.69) is 13.8 Å². The molecule has 0 aromatic heterocycles. The van der Waals surface area contributed by atoms with E-state index in [0.29, 0.717) is 32.0 Å². The van der Waals surface area contributed by atoms with Gasteiger partial charge in [-0.2, -0.15) is 0 Å². The van der Waals surface area contributed by atoms with Crippen LogP contribution in [0.15, 0.2) is 0 Å². The maximum absolute atomic E-state index is 12.1. The molecule has 0 aromatic carbocycles. The Morgan fingerprint density at radius 3 is 2.16 bits per heavy atom. The van der Waals surface area contributed by atoms with Crippen LogP contribution in [-0.4, -0.2) is 41.1 Å². The average molecular weight is 289 g/mol. The average Bonchev–Trinajstić information content (AvgIpc) is 2.29. The van der Waals surface area contributed by atoms with Gasteiger partial charge < -0.3 is 9.64 Å². The van der Waals surface area contributed by atoms with Gasteiger partial charge in [-0.15, -0.1) is 0 Å². The van der Waals surface area contributed by atoms with Gasteiger partial charge in [-0.25, -0.2) is 0 Å². The fourth-order valence-electron chi connectivity index (χ4n) is 1.80. The van der Waals surface area contributed by atoms with E-state index in [1.165, 1.54) is 11.8 Å². The summed E-state index contributed by atoms with van der Waals surface area (Å²) in [5, 5.41) is 0.0621. The fourth-order valence-corrected chi connectivity index (χ4v) is 3.20. The highest BCUT2D eigenvalue weighted by molar-refractivity contribution is 8.14. The summed E-state index contributed by atoms with van der Waals surface area (Å²) < 4.78 is 4.97. The van der Waals surface area contributed by atoms with Crippen molar-refractivity contribution < 1.29 is 14.3 Å². The quantitative estimate of drug-likeness (QED) is 0.641. The van der Waals surface area contributed by atoms with Gasteiger partial charge in [-0.1, -0.05) is 25.6 Å². The predicted octanol–water partition coefficient (Wildman–Crippen LogP) is 3.55. The van der Waals surface area contributed by atoms with Crippen molar-refractivity contribution in [2.45, 2.75) is 52.7 Å². The highest BCUT2D eigenvalue weighted by Crippen LogP contribution is 2.25. The molecule has 0 fully saturated rings. The van der Waals surface area contributed by atoms with Crippen molar-refractivity contribution in [3.63, 3.8) is 0 Å². The summed E-state index contributed by atoms with van der Waals surface area (Å²) in [6.45, 7) is 11.7. The van der Waals surface area contributed by atoms with Crippen LogP contribution in [0.5, 0.6) is 0 Å². The molecule has 1 unspecified atom stereocenters. The third-order valence-electron chi connectivity index (χ3n) is 2.72. The van der Waals surface area contributed by atoms with Crippen molar-refractivity contribution in [2.75, 3.05) is 19.7 Å². The van der Waals surface area contributed by atoms with Crippen LogP contribution < -0.4 is 0 Å². The minimum absolute atomic E-state index is 0.00662. The zero-order chi connectivity index (χ0) is 14.8. The Morgan fingerprint density at radius 1 is 1.16 bits per heavy atom. The van der Waals surface area contributed by atoms with Crippen LogP contribution in [0.3, 0.4) is 0 Å². The van der Waals surface area contributed by atoms with Crippen molar-refractivity contribution in [1.82, 2.24) is 4.90 Å². The molecule has 0 heterocycles. The fraction of sp³-hybridized carbons (Fsp3) is 0.857. The number of rotatable bonds is 8. The van der Waals surface area contributed by atoms with Gasteiger partial charge in [0.1, 0.15) is 0 Å². The van der Waals surface area contributed by atoms with Crippen LogP contribution in [0.1, 0.15) is 47.5 Å². The third kappa shape index (κ3) is 8.14. The molecule has 1 amide bonds. The number of esters is 1. The molecule has 5 heteroatoms. The summed E-state index contributed by atoms with van der Waals surface area (Å²) >= 11 is 1.27. The van der Waals surface area contributed by atoms with Gasteiger partial charge in [0.2, 0.25) is 0 Å². The van der Waals surface area contributed by atoms with Crippen LogP contribution in [0.25, 0.3) is 0 Å². The molecule has 0 bridgehead atoms. The highest BCUT2D eigenvalue weighted by Gasteiger charge is 2.22. The van der Waals surface area contributed by atoms with Crippen LogP contribution in [0.4, 0.5) is 4.79 Å². The summed E-state index contributed by atoms with van der Waals surface area (Å²) in [5.41, 5.74) is 0. The van der Waals surface area contributed by atoms with E-state index in [-0.39, 0.29) is 16.5 Å². The number of nitrogens with zero attached hydrogens (tertiary/aromatic N) is 1. The second-order valence-electron chi connectivity index (χ2n) is 4.82. The number of hydrogen-bond donors (Lipinski definition) is 0. The van der Waals surface area contributed by atoms with Gasteiger partial charge in [0, 0.05) is 18.3 Å². The molecule has 0 aliphatic rings. The topological polar surface area (TPSA) is 46.6 Å². The summed E-state index contributed by atoms with van der Waals surface area (Å²) in [7, 11) is 0. The van der Waals surface area contributed by atoms with Crippen LogP contribution >= 0.6 is 11.8 Å². The lowest BCUT2D eigenvalue weighted by Crippen LogP contribution is -2.29. The van der Waals surface area contributed by atoms with E-state index in [1.54, 1.807) is 11.8 Å². The molecule has 19 heavy (non-hydrogen) atoms. The SMILES string of the molecule is CCOC(=O)CC(CC(C)C)SC(=O)N(CC)CC. The van der Waals surface area contributed by atoms with Crippen molar-refractivity contribution in [3.05, 3.63) is 0 Å². The summed E-state index contributed by atoms with van der Waals surface area (Å²) in [6, 6.07) is 0. The molecule has 0 saturated carbocycles. The van der Waals surface area contributed by atoms with Gasteiger partial charge in [-0.05, 0) is 33.1 Å². The smallest absolute Gasteiger partial charge is 0.306 e. The highest BCUT2D eigenvalue weighted by atomic mass is 32.2. The second-order valence-corrected chi connectivity index (χ2v) is 6.07. The molecule has 0 aromatic rings. The lowest BCUT2D eigenvalue weighted by Gasteiger charge is -2.22. The van der Waals surface area contributed by atoms with Gasteiger partial charge in [-0.3, -0.25) is 9.59 Å². The summed E-state index contributed by atoms with van der Waals surface area (Å²) in [4.78, 5) is 25.4. The van der Waals surface area contributed by atoms with E-state index in [4.69, 9.17) is 4.74 Å². The van der Waals surface area contributed by atoms with Crippen molar-refractivity contribution in [3.8, 4) is 0 Å². The largest absolute Gasteiger partial charge is 0.466 e. The molecular weight excluding hydrogens is 262 g/mol. The van der Waals surface area contributed by atoms with Crippen molar-refractivity contribution in [2.24, 2.45) is 5.92 Å². The maximum atomic E-state index is 12.1. The molecule has 0 aliphatic heterocycles. The lowest BCUT2D eigenvalue weighted by molar-refractivity contribution is -0.143. The van der Waals surface area contributed by atoms with Crippen molar-refractivity contribution in [1.29, 1.82) is 0 Å². The Kier molecular flexibility index (Phi) is 9.74. The Morgan fingerprint density at radius 2 is 1.74 bits per heavy atom. The molecule has 112 valence electrons. The first kappa shape index (κ1) is 18.3. The van der Waals surface area contributed by atoms with Gasteiger partial charge in [0.05, 0.1) is 13.0 Å². The zero-order valence-corrected chi connectivity index (χ0v) is 13.6. The third-order valence-corrected chi connectivity index (χ3v) is 3.88. The monoisotopic (exact) mass is 289 g/mol. The van der Waals surface area contributed by atoms with E-state index in [0.717, 1.165) is 6.42 Å². The number of carbonyl (C=O) groups excluding carboxylic acids is 2. The standard InChI is InChI=1S/C14H27NO3S/c1-6-15(7-2)14(17)19-12(9-11(4)5)10-13(16)18-8-3/h11-12H,6-10H2,1-5H3. The van der Waals surface area contributed by atoms with Gasteiger partial charge >= 0.3 is 5.97 Å². The first-order valence-corrected chi connectivity index (χ1v) is 7.93. The molecule has 1 atom stereocenters. The minimum Gasteiger partial charge on any atom is -0.466 e. The summed E-state index contributed by atoms with van der Waals surface area (Å²) in [5.74, 6) is 0.240.